The molecule has 0 saturated carbocycles. The van der Waals surface area contributed by atoms with Crippen LogP contribution >= 0.6 is 11.8 Å². The van der Waals surface area contributed by atoms with E-state index in [1.807, 2.05) is 30.3 Å². The van der Waals surface area contributed by atoms with E-state index in [1.165, 1.54) is 11.8 Å². The average Bonchev–Trinajstić information content (AvgIpc) is 2.30. The summed E-state index contributed by atoms with van der Waals surface area (Å²) in [5, 5.41) is 0.170. The van der Waals surface area contributed by atoms with Gasteiger partial charge in [-0.05, 0) is 19.4 Å². The van der Waals surface area contributed by atoms with Crippen molar-refractivity contribution in [3.8, 4) is 0 Å². The zero-order chi connectivity index (χ0) is 10.9. The first-order valence-corrected chi connectivity index (χ1v) is 6.25. The van der Waals surface area contributed by atoms with Gasteiger partial charge in [-0.15, -0.1) is 0 Å². The number of nitrogens with two attached hydrogens (primary N) is 1. The number of hydrogen-bond donors (Lipinski definition) is 1. The second-order valence-electron chi connectivity index (χ2n) is 3.35. The first kappa shape index (κ1) is 12.3. The number of unbranched alkanes of at least 4 members (excludes halogenated alkanes) is 2. The van der Waals surface area contributed by atoms with Crippen molar-refractivity contribution in [3.63, 3.8) is 0 Å². The maximum absolute atomic E-state index is 11.6. The third kappa shape index (κ3) is 5.00. The molecule has 0 aliphatic heterocycles. The summed E-state index contributed by atoms with van der Waals surface area (Å²) >= 11 is 1.40. The number of hydrogen-bond acceptors (Lipinski definition) is 3. The standard InChI is InChI=1S/C12H17NOS/c13-9-5-2-6-10-15-12(14)11-7-3-1-4-8-11/h1,3-4,7-8H,2,5-6,9-10,13H2. The third-order valence-electron chi connectivity index (χ3n) is 2.09. The molecule has 1 aromatic carbocycles. The molecule has 2 nitrogen and oxygen atoms in total. The van der Waals surface area contributed by atoms with Crippen LogP contribution < -0.4 is 5.73 Å². The normalized spacial score (nSPS) is 10.2. The lowest BCUT2D eigenvalue weighted by molar-refractivity contribution is 0.108. The molecule has 15 heavy (non-hydrogen) atoms. The largest absolute Gasteiger partial charge is 0.330 e. The molecule has 0 bridgehead atoms. The van der Waals surface area contributed by atoms with Gasteiger partial charge in [0.1, 0.15) is 0 Å². The zero-order valence-corrected chi connectivity index (χ0v) is 9.63. The van der Waals surface area contributed by atoms with Gasteiger partial charge >= 0.3 is 0 Å². The lowest BCUT2D eigenvalue weighted by Crippen LogP contribution is -1.99. The molecule has 0 aromatic heterocycles. The van der Waals surface area contributed by atoms with Gasteiger partial charge < -0.3 is 5.73 Å². The Labute approximate surface area is 95.2 Å². The zero-order valence-electron chi connectivity index (χ0n) is 8.82. The predicted octanol–water partition coefficient (Wildman–Crippen LogP) is 2.69. The van der Waals surface area contributed by atoms with Crippen molar-refractivity contribution in [1.29, 1.82) is 0 Å². The first-order valence-electron chi connectivity index (χ1n) is 5.27. The van der Waals surface area contributed by atoms with Gasteiger partial charge in [0.05, 0.1) is 0 Å². The van der Waals surface area contributed by atoms with Crippen LogP contribution in [-0.4, -0.2) is 17.4 Å². The molecule has 0 aliphatic rings. The molecular weight excluding hydrogens is 206 g/mol. The number of carbonyl (C=O) groups excluding carboxylic acids is 1. The van der Waals surface area contributed by atoms with Gasteiger partial charge in [-0.25, -0.2) is 0 Å². The van der Waals surface area contributed by atoms with Crippen molar-refractivity contribution in [3.05, 3.63) is 35.9 Å². The Balaban J connectivity index is 2.20. The molecule has 0 aliphatic carbocycles. The predicted molar refractivity (Wildman–Crippen MR) is 66.1 cm³/mol. The van der Waals surface area contributed by atoms with Crippen molar-refractivity contribution < 1.29 is 4.79 Å². The second-order valence-corrected chi connectivity index (χ2v) is 4.42. The molecule has 0 saturated heterocycles. The van der Waals surface area contributed by atoms with Gasteiger partial charge in [0.15, 0.2) is 0 Å². The molecule has 1 aromatic rings. The summed E-state index contributed by atoms with van der Waals surface area (Å²) in [5.41, 5.74) is 6.18. The molecule has 0 fully saturated rings. The minimum absolute atomic E-state index is 0.170. The van der Waals surface area contributed by atoms with Crippen molar-refractivity contribution in [2.45, 2.75) is 19.3 Å². The van der Waals surface area contributed by atoms with E-state index < -0.39 is 0 Å². The SMILES string of the molecule is NCCCCCSC(=O)c1ccccc1. The fourth-order valence-corrected chi connectivity index (χ4v) is 2.08. The monoisotopic (exact) mass is 223 g/mol. The first-order chi connectivity index (χ1) is 7.34. The maximum Gasteiger partial charge on any atom is 0.219 e. The van der Waals surface area contributed by atoms with Gasteiger partial charge in [-0.1, -0.05) is 48.5 Å². The minimum Gasteiger partial charge on any atom is -0.330 e. The van der Waals surface area contributed by atoms with E-state index in [2.05, 4.69) is 0 Å². The molecular formula is C12H17NOS. The molecule has 0 atom stereocenters. The van der Waals surface area contributed by atoms with Gasteiger partial charge in [-0.3, -0.25) is 4.79 Å². The van der Waals surface area contributed by atoms with Crippen molar-refractivity contribution in [1.82, 2.24) is 0 Å². The van der Waals surface area contributed by atoms with Gasteiger partial charge in [0, 0.05) is 11.3 Å². The Morgan fingerprint density at radius 1 is 1.13 bits per heavy atom. The van der Waals surface area contributed by atoms with Gasteiger partial charge in [0.2, 0.25) is 5.12 Å². The lowest BCUT2D eigenvalue weighted by atomic mass is 10.2. The second kappa shape index (κ2) is 7.49. The van der Waals surface area contributed by atoms with Crippen molar-refractivity contribution in [2.75, 3.05) is 12.3 Å². The summed E-state index contributed by atoms with van der Waals surface area (Å²) in [4.78, 5) is 11.6. The Kier molecular flexibility index (Phi) is 6.12. The van der Waals surface area contributed by atoms with E-state index in [-0.39, 0.29) is 5.12 Å². The van der Waals surface area contributed by atoms with Crippen LogP contribution in [0, 0.1) is 0 Å². The molecule has 0 heterocycles. The maximum atomic E-state index is 11.6. The van der Waals surface area contributed by atoms with E-state index in [4.69, 9.17) is 5.73 Å². The van der Waals surface area contributed by atoms with Crippen LogP contribution in [0.3, 0.4) is 0 Å². The van der Waals surface area contributed by atoms with Crippen LogP contribution in [0.25, 0.3) is 0 Å². The van der Waals surface area contributed by atoms with Crippen LogP contribution in [0.1, 0.15) is 29.6 Å². The van der Waals surface area contributed by atoms with E-state index >= 15 is 0 Å². The van der Waals surface area contributed by atoms with Crippen LogP contribution in [-0.2, 0) is 0 Å². The highest BCUT2D eigenvalue weighted by Crippen LogP contribution is 2.13. The lowest BCUT2D eigenvalue weighted by Gasteiger charge is -2.00. The highest BCUT2D eigenvalue weighted by Gasteiger charge is 2.04. The summed E-state index contributed by atoms with van der Waals surface area (Å²) in [7, 11) is 0. The summed E-state index contributed by atoms with van der Waals surface area (Å²) < 4.78 is 0. The summed E-state index contributed by atoms with van der Waals surface area (Å²) in [6.45, 7) is 0.747. The molecule has 82 valence electrons. The quantitative estimate of drug-likeness (QED) is 0.754. The summed E-state index contributed by atoms with van der Waals surface area (Å²) in [5.74, 6) is 0.897. The van der Waals surface area contributed by atoms with Crippen LogP contribution in [0.2, 0.25) is 0 Å². The Morgan fingerprint density at radius 2 is 1.87 bits per heavy atom. The third-order valence-corrected chi connectivity index (χ3v) is 3.08. The molecule has 0 amide bonds. The van der Waals surface area contributed by atoms with Crippen LogP contribution in [0.15, 0.2) is 30.3 Å². The van der Waals surface area contributed by atoms with E-state index in [0.717, 1.165) is 37.1 Å². The topological polar surface area (TPSA) is 43.1 Å². The number of thioether (sulfide) groups is 1. The minimum atomic E-state index is 0.170. The van der Waals surface area contributed by atoms with Crippen LogP contribution in [0.5, 0.6) is 0 Å². The molecule has 1 rings (SSSR count). The fraction of sp³-hybridized carbons (Fsp3) is 0.417. The van der Waals surface area contributed by atoms with Gasteiger partial charge in [0.25, 0.3) is 0 Å². The Hall–Kier alpha value is -0.800. The van der Waals surface area contributed by atoms with E-state index in [1.54, 1.807) is 0 Å². The fourth-order valence-electron chi connectivity index (χ4n) is 1.25. The van der Waals surface area contributed by atoms with Crippen molar-refractivity contribution >= 4 is 16.9 Å². The Bertz CT molecular complexity index is 287. The van der Waals surface area contributed by atoms with E-state index in [9.17, 15) is 4.79 Å². The average molecular weight is 223 g/mol. The summed E-state index contributed by atoms with van der Waals surface area (Å²) in [6.07, 6.45) is 3.24. The Morgan fingerprint density at radius 3 is 2.53 bits per heavy atom. The van der Waals surface area contributed by atoms with Gasteiger partial charge in [-0.2, -0.15) is 0 Å². The highest BCUT2D eigenvalue weighted by molar-refractivity contribution is 8.14. The van der Waals surface area contributed by atoms with Crippen LogP contribution in [0.4, 0.5) is 0 Å². The number of carbonyl (C=O) groups is 1. The molecule has 3 heteroatoms. The molecule has 2 N–H and O–H groups in total. The molecule has 0 spiro atoms. The molecule has 0 unspecified atom stereocenters. The van der Waals surface area contributed by atoms with E-state index in [0.29, 0.717) is 0 Å². The van der Waals surface area contributed by atoms with Crippen molar-refractivity contribution in [2.24, 2.45) is 5.73 Å². The molecule has 0 radical (unpaired) electrons. The highest BCUT2D eigenvalue weighted by atomic mass is 32.2. The smallest absolute Gasteiger partial charge is 0.219 e. The summed E-state index contributed by atoms with van der Waals surface area (Å²) in [6, 6.07) is 9.41. The number of rotatable bonds is 6. The number of benzene rings is 1.